The van der Waals surface area contributed by atoms with E-state index < -0.39 is 22.0 Å². The first-order valence-electron chi connectivity index (χ1n) is 10.5. The normalized spacial score (nSPS) is 19.5. The minimum atomic E-state index is -4.09. The van der Waals surface area contributed by atoms with Crippen LogP contribution in [-0.4, -0.2) is 48.6 Å². The van der Waals surface area contributed by atoms with Crippen molar-refractivity contribution in [3.8, 4) is 0 Å². The van der Waals surface area contributed by atoms with Gasteiger partial charge in [-0.25, -0.2) is 12.7 Å². The Hall–Kier alpha value is -2.93. The number of benzene rings is 2. The van der Waals surface area contributed by atoms with Gasteiger partial charge in [-0.15, -0.1) is 0 Å². The summed E-state index contributed by atoms with van der Waals surface area (Å²) < 4.78 is 27.3. The molecule has 2 aliphatic rings. The molecule has 6 nitrogen and oxygen atoms in total. The van der Waals surface area contributed by atoms with Gasteiger partial charge in [-0.3, -0.25) is 9.59 Å². The minimum Gasteiger partial charge on any atom is -0.337 e. The fourth-order valence-electron chi connectivity index (χ4n) is 4.17. The lowest BCUT2D eigenvalue weighted by molar-refractivity contribution is -0.137. The van der Waals surface area contributed by atoms with Gasteiger partial charge in [0.1, 0.15) is 6.04 Å². The van der Waals surface area contributed by atoms with Crippen LogP contribution in [0, 0.1) is 13.8 Å². The fourth-order valence-corrected chi connectivity index (χ4v) is 5.85. The first-order chi connectivity index (χ1) is 14.8. The summed E-state index contributed by atoms with van der Waals surface area (Å²) in [5.41, 5.74) is 4.09. The zero-order valence-electron chi connectivity index (χ0n) is 17.7. The number of sulfonamides is 1. The zero-order chi connectivity index (χ0) is 22.2. The Bertz CT molecular complexity index is 1160. The molecule has 1 fully saturated rings. The first kappa shape index (κ1) is 21.3. The van der Waals surface area contributed by atoms with E-state index in [2.05, 4.69) is 0 Å². The Morgan fingerprint density at radius 1 is 1.00 bits per heavy atom. The Morgan fingerprint density at radius 3 is 2.39 bits per heavy atom. The highest BCUT2D eigenvalue weighted by Gasteiger charge is 2.45. The number of carbonyl (C=O) groups is 2. The third-order valence-corrected chi connectivity index (χ3v) is 7.97. The van der Waals surface area contributed by atoms with E-state index in [-0.39, 0.29) is 23.6 Å². The van der Waals surface area contributed by atoms with Crippen molar-refractivity contribution < 1.29 is 18.0 Å². The van der Waals surface area contributed by atoms with Crippen molar-refractivity contribution in [1.82, 2.24) is 9.21 Å². The second-order valence-corrected chi connectivity index (χ2v) is 9.94. The maximum Gasteiger partial charge on any atom is 0.267 e. The summed E-state index contributed by atoms with van der Waals surface area (Å²) in [4.78, 5) is 27.5. The Kier molecular flexibility index (Phi) is 5.71. The molecule has 7 heteroatoms. The molecule has 2 amide bonds. The molecule has 0 bridgehead atoms. The van der Waals surface area contributed by atoms with Gasteiger partial charge < -0.3 is 4.90 Å². The van der Waals surface area contributed by atoms with Crippen LogP contribution in [-0.2, 0) is 19.6 Å². The molecule has 0 aliphatic carbocycles. The molecule has 0 saturated carbocycles. The van der Waals surface area contributed by atoms with Crippen molar-refractivity contribution in [1.29, 1.82) is 0 Å². The third kappa shape index (κ3) is 4.02. The van der Waals surface area contributed by atoms with E-state index in [0.29, 0.717) is 19.5 Å². The standard InChI is InChI=1S/C24H26N2O4S/c1-17-8-9-21(16-18(17)2)31(29,30)26-22(10-11-23(26)27)24(28)25-14-12-20(13-15-25)19-6-4-3-5-7-19/h3-9,12,16,22H,10-11,13-15H2,1-2H3. The molecule has 31 heavy (non-hydrogen) atoms. The van der Waals surface area contributed by atoms with Crippen LogP contribution in [0.15, 0.2) is 59.5 Å². The maximum absolute atomic E-state index is 13.3. The number of hydrogen-bond donors (Lipinski definition) is 0. The summed E-state index contributed by atoms with van der Waals surface area (Å²) in [5, 5.41) is 0. The molecule has 1 unspecified atom stereocenters. The van der Waals surface area contributed by atoms with Gasteiger partial charge in [0.25, 0.3) is 10.0 Å². The maximum atomic E-state index is 13.3. The van der Waals surface area contributed by atoms with E-state index in [9.17, 15) is 18.0 Å². The number of hydrogen-bond acceptors (Lipinski definition) is 4. The van der Waals surface area contributed by atoms with Crippen molar-refractivity contribution in [3.05, 3.63) is 71.3 Å². The molecule has 2 aromatic carbocycles. The van der Waals surface area contributed by atoms with Gasteiger partial charge in [0.2, 0.25) is 11.8 Å². The summed E-state index contributed by atoms with van der Waals surface area (Å²) >= 11 is 0. The summed E-state index contributed by atoms with van der Waals surface area (Å²) in [6.07, 6.45) is 2.98. The second-order valence-electron chi connectivity index (χ2n) is 8.12. The van der Waals surface area contributed by atoms with E-state index in [1.165, 1.54) is 11.6 Å². The molecule has 2 aliphatic heterocycles. The lowest BCUT2D eigenvalue weighted by Crippen LogP contribution is -2.49. The van der Waals surface area contributed by atoms with Gasteiger partial charge >= 0.3 is 0 Å². The predicted octanol–water partition coefficient (Wildman–Crippen LogP) is 3.30. The molecule has 162 valence electrons. The quantitative estimate of drug-likeness (QED) is 0.734. The van der Waals surface area contributed by atoms with Gasteiger partial charge in [0.05, 0.1) is 4.90 Å². The Balaban J connectivity index is 1.56. The molecule has 0 radical (unpaired) electrons. The van der Waals surface area contributed by atoms with Crippen LogP contribution in [0.3, 0.4) is 0 Å². The monoisotopic (exact) mass is 438 g/mol. The summed E-state index contributed by atoms with van der Waals surface area (Å²) in [6.45, 7) is 4.63. The zero-order valence-corrected chi connectivity index (χ0v) is 18.6. The molecular weight excluding hydrogens is 412 g/mol. The molecule has 2 aromatic rings. The SMILES string of the molecule is Cc1ccc(S(=O)(=O)N2C(=O)CCC2C(=O)N2CC=C(c3ccccc3)CC2)cc1C. The van der Waals surface area contributed by atoms with Crippen LogP contribution in [0.4, 0.5) is 0 Å². The van der Waals surface area contributed by atoms with Gasteiger partial charge in [-0.1, -0.05) is 42.5 Å². The summed E-state index contributed by atoms with van der Waals surface area (Å²) in [7, 11) is -4.09. The van der Waals surface area contributed by atoms with E-state index >= 15 is 0 Å². The Morgan fingerprint density at radius 2 is 1.74 bits per heavy atom. The van der Waals surface area contributed by atoms with E-state index in [1.807, 2.05) is 50.3 Å². The van der Waals surface area contributed by atoms with E-state index in [0.717, 1.165) is 21.0 Å². The molecule has 0 N–H and O–H groups in total. The van der Waals surface area contributed by atoms with E-state index in [1.54, 1.807) is 17.0 Å². The number of nitrogens with zero attached hydrogens (tertiary/aromatic N) is 2. The van der Waals surface area contributed by atoms with Crippen molar-refractivity contribution in [3.63, 3.8) is 0 Å². The second kappa shape index (κ2) is 8.30. The van der Waals surface area contributed by atoms with Crippen molar-refractivity contribution in [2.24, 2.45) is 0 Å². The van der Waals surface area contributed by atoms with Crippen molar-refractivity contribution in [2.75, 3.05) is 13.1 Å². The van der Waals surface area contributed by atoms with Gasteiger partial charge in [0.15, 0.2) is 0 Å². The molecule has 1 saturated heterocycles. The smallest absolute Gasteiger partial charge is 0.267 e. The van der Waals surface area contributed by atoms with E-state index in [4.69, 9.17) is 0 Å². The van der Waals surface area contributed by atoms with Crippen LogP contribution in [0.2, 0.25) is 0 Å². The minimum absolute atomic E-state index is 0.0496. The van der Waals surface area contributed by atoms with Crippen molar-refractivity contribution >= 4 is 27.4 Å². The van der Waals surface area contributed by atoms with Crippen LogP contribution < -0.4 is 0 Å². The average Bonchev–Trinajstić information content (AvgIpc) is 3.18. The molecule has 0 aromatic heterocycles. The van der Waals surface area contributed by atoms with Crippen LogP contribution in [0.1, 0.15) is 36.0 Å². The van der Waals surface area contributed by atoms with Crippen LogP contribution in [0.25, 0.3) is 5.57 Å². The van der Waals surface area contributed by atoms with Gasteiger partial charge in [-0.2, -0.15) is 0 Å². The van der Waals surface area contributed by atoms with Gasteiger partial charge in [-0.05, 0) is 61.1 Å². The molecule has 1 atom stereocenters. The lowest BCUT2D eigenvalue weighted by atomic mass is 9.99. The largest absolute Gasteiger partial charge is 0.337 e. The van der Waals surface area contributed by atoms with Crippen LogP contribution >= 0.6 is 0 Å². The third-order valence-electron chi connectivity index (χ3n) is 6.15. The molecular formula is C24H26N2O4S. The number of aryl methyl sites for hydroxylation is 2. The molecule has 4 rings (SSSR count). The number of carbonyl (C=O) groups excluding carboxylic acids is 2. The Labute approximate surface area is 183 Å². The average molecular weight is 439 g/mol. The fraction of sp³-hybridized carbons (Fsp3) is 0.333. The van der Waals surface area contributed by atoms with Crippen molar-refractivity contribution in [2.45, 2.75) is 44.0 Å². The summed E-state index contributed by atoms with van der Waals surface area (Å²) in [5.74, 6) is -0.823. The summed E-state index contributed by atoms with van der Waals surface area (Å²) in [6, 6.07) is 13.8. The van der Waals surface area contributed by atoms with Crippen LogP contribution in [0.5, 0.6) is 0 Å². The number of amides is 2. The first-order valence-corrected chi connectivity index (χ1v) is 11.9. The highest BCUT2D eigenvalue weighted by molar-refractivity contribution is 7.89. The highest BCUT2D eigenvalue weighted by Crippen LogP contribution is 2.30. The van der Waals surface area contributed by atoms with Gasteiger partial charge in [0, 0.05) is 19.5 Å². The molecule has 0 spiro atoms. The number of rotatable bonds is 4. The lowest BCUT2D eigenvalue weighted by Gasteiger charge is -2.32. The molecule has 2 heterocycles. The topological polar surface area (TPSA) is 74.8 Å². The predicted molar refractivity (Wildman–Crippen MR) is 119 cm³/mol. The highest BCUT2D eigenvalue weighted by atomic mass is 32.2.